The second kappa shape index (κ2) is 4.86. The average molecular weight is 194 g/mol. The minimum atomic E-state index is 0.621. The quantitative estimate of drug-likeness (QED) is 0.766. The maximum Gasteiger partial charge on any atom is 0.145 e. The second-order valence-electron chi connectivity index (χ2n) is 3.30. The summed E-state index contributed by atoms with van der Waals surface area (Å²) >= 11 is 0. The third-order valence-electron chi connectivity index (χ3n) is 2.34. The number of aryl methyl sites for hydroxylation is 1. The molecule has 78 valence electrons. The van der Waals surface area contributed by atoms with Gasteiger partial charge < -0.3 is 15.8 Å². The summed E-state index contributed by atoms with van der Waals surface area (Å²) in [5.74, 6) is 0.915. The first-order chi connectivity index (χ1) is 6.70. The van der Waals surface area contributed by atoms with Gasteiger partial charge in [0, 0.05) is 13.1 Å². The summed E-state index contributed by atoms with van der Waals surface area (Å²) in [4.78, 5) is 0. The number of nitrogens with two attached hydrogens (primary N) is 1. The Bertz CT molecular complexity index is 310. The molecule has 0 fully saturated rings. The molecule has 14 heavy (non-hydrogen) atoms. The average Bonchev–Trinajstić information content (AvgIpc) is 2.20. The number of ether oxygens (including phenoxy) is 1. The van der Waals surface area contributed by atoms with Gasteiger partial charge in [-0.25, -0.2) is 0 Å². The monoisotopic (exact) mass is 194 g/mol. The Morgan fingerprint density at radius 3 is 2.64 bits per heavy atom. The van der Waals surface area contributed by atoms with Crippen LogP contribution in [0.4, 0.5) is 5.69 Å². The van der Waals surface area contributed by atoms with E-state index in [0.29, 0.717) is 6.54 Å². The van der Waals surface area contributed by atoms with Gasteiger partial charge in [0.15, 0.2) is 0 Å². The molecular formula is C11H18N2O. The first-order valence-corrected chi connectivity index (χ1v) is 4.78. The molecule has 0 aliphatic carbocycles. The molecule has 1 aromatic rings. The molecule has 3 nitrogen and oxygen atoms in total. The summed E-state index contributed by atoms with van der Waals surface area (Å²) in [6, 6.07) is 4.10. The van der Waals surface area contributed by atoms with Crippen molar-refractivity contribution in [2.24, 2.45) is 5.73 Å². The summed E-state index contributed by atoms with van der Waals surface area (Å²) in [6.45, 7) is 5.52. The van der Waals surface area contributed by atoms with Crippen molar-refractivity contribution < 1.29 is 4.74 Å². The molecule has 1 rings (SSSR count). The van der Waals surface area contributed by atoms with Gasteiger partial charge in [0.1, 0.15) is 5.75 Å². The first-order valence-electron chi connectivity index (χ1n) is 4.78. The van der Waals surface area contributed by atoms with Gasteiger partial charge in [0.05, 0.1) is 12.8 Å². The predicted molar refractivity (Wildman–Crippen MR) is 60.0 cm³/mol. The molecule has 0 atom stereocenters. The Morgan fingerprint density at radius 2 is 2.07 bits per heavy atom. The lowest BCUT2D eigenvalue weighted by Gasteiger charge is -2.14. The van der Waals surface area contributed by atoms with E-state index >= 15 is 0 Å². The van der Waals surface area contributed by atoms with Crippen LogP contribution >= 0.6 is 0 Å². The molecule has 0 unspecified atom stereocenters. The lowest BCUT2D eigenvalue weighted by atomic mass is 10.1. The topological polar surface area (TPSA) is 47.3 Å². The molecule has 0 bridgehead atoms. The van der Waals surface area contributed by atoms with Crippen LogP contribution in [-0.2, 0) is 0 Å². The molecule has 0 aliphatic heterocycles. The Kier molecular flexibility index (Phi) is 3.77. The molecule has 3 heteroatoms. The second-order valence-corrected chi connectivity index (χ2v) is 3.30. The molecule has 0 aromatic heterocycles. The van der Waals surface area contributed by atoms with Crippen molar-refractivity contribution in [1.29, 1.82) is 0 Å². The van der Waals surface area contributed by atoms with Crippen LogP contribution in [0.25, 0.3) is 0 Å². The van der Waals surface area contributed by atoms with Crippen LogP contribution in [0.15, 0.2) is 12.1 Å². The largest absolute Gasteiger partial charge is 0.494 e. The van der Waals surface area contributed by atoms with E-state index in [9.17, 15) is 0 Å². The fraction of sp³-hybridized carbons (Fsp3) is 0.455. The minimum Gasteiger partial charge on any atom is -0.494 e. The number of hydrogen-bond donors (Lipinski definition) is 2. The molecule has 0 heterocycles. The number of methoxy groups -OCH3 is 1. The van der Waals surface area contributed by atoms with E-state index in [4.69, 9.17) is 10.5 Å². The third kappa shape index (κ3) is 2.17. The molecule has 0 spiro atoms. The first kappa shape index (κ1) is 10.9. The molecule has 1 aromatic carbocycles. The Morgan fingerprint density at radius 1 is 1.36 bits per heavy atom. The van der Waals surface area contributed by atoms with Gasteiger partial charge >= 0.3 is 0 Å². The Hall–Kier alpha value is -1.22. The van der Waals surface area contributed by atoms with Gasteiger partial charge in [-0.2, -0.15) is 0 Å². The van der Waals surface area contributed by atoms with Gasteiger partial charge in [-0.05, 0) is 31.0 Å². The van der Waals surface area contributed by atoms with E-state index in [-0.39, 0.29) is 0 Å². The van der Waals surface area contributed by atoms with Crippen molar-refractivity contribution >= 4 is 5.69 Å². The van der Waals surface area contributed by atoms with Crippen LogP contribution < -0.4 is 15.8 Å². The van der Waals surface area contributed by atoms with Crippen LogP contribution in [-0.4, -0.2) is 20.2 Å². The standard InChI is InChI=1S/C11H18N2O/c1-8-4-5-10(13-7-6-12)11(14-3)9(8)2/h4-5,13H,6-7,12H2,1-3H3. The maximum atomic E-state index is 5.43. The molecule has 0 radical (unpaired) electrons. The van der Waals surface area contributed by atoms with Crippen molar-refractivity contribution in [2.75, 3.05) is 25.5 Å². The smallest absolute Gasteiger partial charge is 0.145 e. The zero-order valence-corrected chi connectivity index (χ0v) is 9.05. The zero-order chi connectivity index (χ0) is 10.6. The van der Waals surface area contributed by atoms with Crippen molar-refractivity contribution in [3.63, 3.8) is 0 Å². The summed E-state index contributed by atoms with van der Waals surface area (Å²) in [5.41, 5.74) is 8.86. The lowest BCUT2D eigenvalue weighted by Crippen LogP contribution is -2.13. The fourth-order valence-corrected chi connectivity index (χ4v) is 1.40. The molecule has 0 amide bonds. The van der Waals surface area contributed by atoms with Gasteiger partial charge in [-0.3, -0.25) is 0 Å². The third-order valence-corrected chi connectivity index (χ3v) is 2.34. The summed E-state index contributed by atoms with van der Waals surface area (Å²) in [7, 11) is 1.69. The normalized spacial score (nSPS) is 10.0. The number of rotatable bonds is 4. The van der Waals surface area contributed by atoms with E-state index < -0.39 is 0 Å². The van der Waals surface area contributed by atoms with Crippen molar-refractivity contribution in [1.82, 2.24) is 0 Å². The molecular weight excluding hydrogens is 176 g/mol. The summed E-state index contributed by atoms with van der Waals surface area (Å²) < 4.78 is 5.35. The molecule has 3 N–H and O–H groups in total. The van der Waals surface area contributed by atoms with Crippen molar-refractivity contribution in [3.8, 4) is 5.75 Å². The highest BCUT2D eigenvalue weighted by Gasteiger charge is 2.07. The highest BCUT2D eigenvalue weighted by molar-refractivity contribution is 5.61. The number of nitrogens with one attached hydrogen (secondary N) is 1. The van der Waals surface area contributed by atoms with E-state index in [0.717, 1.165) is 18.0 Å². The van der Waals surface area contributed by atoms with Crippen molar-refractivity contribution in [3.05, 3.63) is 23.3 Å². The van der Waals surface area contributed by atoms with Gasteiger partial charge in [0.2, 0.25) is 0 Å². The van der Waals surface area contributed by atoms with Crippen LogP contribution in [0.3, 0.4) is 0 Å². The van der Waals surface area contributed by atoms with E-state index in [1.807, 2.05) is 6.07 Å². The minimum absolute atomic E-state index is 0.621. The highest BCUT2D eigenvalue weighted by atomic mass is 16.5. The van der Waals surface area contributed by atoms with E-state index in [1.165, 1.54) is 11.1 Å². The summed E-state index contributed by atoms with van der Waals surface area (Å²) in [6.07, 6.45) is 0. The Labute approximate surface area is 85.3 Å². The number of anilines is 1. The summed E-state index contributed by atoms with van der Waals surface area (Å²) in [5, 5.41) is 3.23. The maximum absolute atomic E-state index is 5.43. The lowest BCUT2D eigenvalue weighted by molar-refractivity contribution is 0.413. The zero-order valence-electron chi connectivity index (χ0n) is 9.05. The highest BCUT2D eigenvalue weighted by Crippen LogP contribution is 2.30. The van der Waals surface area contributed by atoms with Gasteiger partial charge in [-0.15, -0.1) is 0 Å². The SMILES string of the molecule is COc1c(NCCN)ccc(C)c1C. The van der Waals surface area contributed by atoms with Crippen LogP contribution in [0.2, 0.25) is 0 Å². The molecule has 0 saturated carbocycles. The van der Waals surface area contributed by atoms with Crippen molar-refractivity contribution in [2.45, 2.75) is 13.8 Å². The predicted octanol–water partition coefficient (Wildman–Crippen LogP) is 1.68. The number of hydrogen-bond acceptors (Lipinski definition) is 3. The van der Waals surface area contributed by atoms with Gasteiger partial charge in [0.25, 0.3) is 0 Å². The Balaban J connectivity index is 2.98. The molecule has 0 saturated heterocycles. The van der Waals surface area contributed by atoms with Gasteiger partial charge in [-0.1, -0.05) is 6.07 Å². The van der Waals surface area contributed by atoms with Crippen LogP contribution in [0, 0.1) is 13.8 Å². The van der Waals surface area contributed by atoms with Crippen LogP contribution in [0.1, 0.15) is 11.1 Å². The van der Waals surface area contributed by atoms with Crippen LogP contribution in [0.5, 0.6) is 5.75 Å². The number of benzene rings is 1. The molecule has 0 aliphatic rings. The van der Waals surface area contributed by atoms with E-state index in [1.54, 1.807) is 7.11 Å². The fourth-order valence-electron chi connectivity index (χ4n) is 1.40. The van der Waals surface area contributed by atoms with E-state index in [2.05, 4.69) is 25.2 Å².